The summed E-state index contributed by atoms with van der Waals surface area (Å²) in [5, 5.41) is 5.25. The van der Waals surface area contributed by atoms with Gasteiger partial charge in [0.05, 0.1) is 21.0 Å². The molecule has 2 heterocycles. The van der Waals surface area contributed by atoms with Crippen molar-refractivity contribution in [2.45, 2.75) is 6.92 Å². The number of rotatable bonds is 2. The Hall–Kier alpha value is -2.07. The van der Waals surface area contributed by atoms with Gasteiger partial charge in [0.2, 0.25) is 11.8 Å². The lowest BCUT2D eigenvalue weighted by Gasteiger charge is -2.04. The number of carbonyl (C=O) groups is 2. The van der Waals surface area contributed by atoms with Gasteiger partial charge in [0.25, 0.3) is 0 Å². The van der Waals surface area contributed by atoms with Crippen LogP contribution in [0.4, 0.5) is 0 Å². The number of hydrogen-bond donors (Lipinski definition) is 0. The normalized spacial score (nSPS) is 11.3. The molecule has 130 valence electrons. The molecule has 0 aliphatic heterocycles. The van der Waals surface area contributed by atoms with Crippen molar-refractivity contribution in [2.75, 3.05) is 4.43 Å². The van der Waals surface area contributed by atoms with Gasteiger partial charge in [-0.3, -0.25) is 14.2 Å². The van der Waals surface area contributed by atoms with E-state index in [1.165, 1.54) is 11.6 Å². The Balaban J connectivity index is 2.11. The molecule has 0 spiro atoms. The van der Waals surface area contributed by atoms with Gasteiger partial charge >= 0.3 is 0 Å². The summed E-state index contributed by atoms with van der Waals surface area (Å²) in [4.78, 5) is 29.3. The highest BCUT2D eigenvalue weighted by atomic mass is 127. The number of nitrogens with zero attached hydrogens (tertiary/aromatic N) is 4. The van der Waals surface area contributed by atoms with Crippen LogP contribution in [-0.2, 0) is 0 Å². The number of imidazole rings is 1. The fraction of sp³-hybridized carbons (Fsp3) is 0.111. The van der Waals surface area contributed by atoms with E-state index in [2.05, 4.69) is 26.0 Å². The fourth-order valence-electron chi connectivity index (χ4n) is 3.00. The summed E-state index contributed by atoms with van der Waals surface area (Å²) < 4.78 is 4.10. The van der Waals surface area contributed by atoms with Gasteiger partial charge in [0, 0.05) is 16.8 Å². The maximum absolute atomic E-state index is 12.6. The Labute approximate surface area is 170 Å². The fourth-order valence-corrected chi connectivity index (χ4v) is 3.69. The van der Waals surface area contributed by atoms with Crippen LogP contribution in [-0.4, -0.2) is 35.6 Å². The average molecular weight is 523 g/mol. The van der Waals surface area contributed by atoms with E-state index in [0.717, 1.165) is 9.86 Å². The van der Waals surface area contributed by atoms with Crippen LogP contribution < -0.4 is 0 Å². The molecule has 2 aromatic carbocycles. The van der Waals surface area contributed by atoms with Crippen molar-refractivity contribution in [2.24, 2.45) is 0 Å². The number of aromatic nitrogens is 4. The molecule has 0 saturated heterocycles. The van der Waals surface area contributed by atoms with Crippen LogP contribution in [0.1, 0.15) is 16.5 Å². The van der Waals surface area contributed by atoms with Crippen LogP contribution in [0.3, 0.4) is 0 Å². The van der Waals surface area contributed by atoms with Crippen molar-refractivity contribution in [1.82, 2.24) is 19.3 Å². The lowest BCUT2D eigenvalue weighted by atomic mass is 10.2. The average Bonchev–Trinajstić information content (AvgIpc) is 3.19. The van der Waals surface area contributed by atoms with E-state index in [9.17, 15) is 9.59 Å². The SMILES string of the molecule is CC(=O)n1nc(-c2nc3cc(Br)ccc3n2C(=O)CI)c2ccccc21. The zero-order valence-electron chi connectivity index (χ0n) is 13.6. The highest BCUT2D eigenvalue weighted by Gasteiger charge is 2.23. The molecule has 2 aromatic heterocycles. The molecule has 0 bridgehead atoms. The Morgan fingerprint density at radius 3 is 2.65 bits per heavy atom. The van der Waals surface area contributed by atoms with E-state index in [4.69, 9.17) is 0 Å². The molecule has 0 atom stereocenters. The van der Waals surface area contributed by atoms with E-state index in [0.29, 0.717) is 32.5 Å². The summed E-state index contributed by atoms with van der Waals surface area (Å²) in [6.07, 6.45) is 0. The molecule has 26 heavy (non-hydrogen) atoms. The molecule has 0 saturated carbocycles. The largest absolute Gasteiger partial charge is 0.273 e. The number of benzene rings is 2. The summed E-state index contributed by atoms with van der Waals surface area (Å²) in [5.74, 6) is 0.154. The van der Waals surface area contributed by atoms with Gasteiger partial charge in [-0.15, -0.1) is 0 Å². The Kier molecular flexibility index (Phi) is 4.39. The van der Waals surface area contributed by atoms with Crippen LogP contribution in [0.15, 0.2) is 46.9 Å². The first-order valence-electron chi connectivity index (χ1n) is 7.77. The summed E-state index contributed by atoms with van der Waals surface area (Å²) in [6.45, 7) is 1.46. The number of para-hydroxylation sites is 1. The highest BCUT2D eigenvalue weighted by molar-refractivity contribution is 14.1. The monoisotopic (exact) mass is 522 g/mol. The molecule has 4 aromatic rings. The number of fused-ring (bicyclic) bond motifs is 2. The summed E-state index contributed by atoms with van der Waals surface area (Å²) in [6, 6.07) is 13.0. The van der Waals surface area contributed by atoms with E-state index >= 15 is 0 Å². The molecular weight excluding hydrogens is 511 g/mol. The van der Waals surface area contributed by atoms with Crippen molar-refractivity contribution in [3.8, 4) is 11.5 Å². The Morgan fingerprint density at radius 2 is 1.92 bits per heavy atom. The zero-order valence-corrected chi connectivity index (χ0v) is 17.4. The molecule has 0 unspecified atom stereocenters. The van der Waals surface area contributed by atoms with Crippen LogP contribution in [0.25, 0.3) is 33.5 Å². The molecule has 0 radical (unpaired) electrons. The van der Waals surface area contributed by atoms with Gasteiger partial charge in [0.1, 0.15) is 5.69 Å². The van der Waals surface area contributed by atoms with Crippen molar-refractivity contribution >= 4 is 72.3 Å². The van der Waals surface area contributed by atoms with Crippen molar-refractivity contribution < 1.29 is 9.59 Å². The number of carbonyl (C=O) groups excluding carboxylic acids is 2. The van der Waals surface area contributed by atoms with Crippen molar-refractivity contribution in [1.29, 1.82) is 0 Å². The van der Waals surface area contributed by atoms with Crippen LogP contribution in [0.5, 0.6) is 0 Å². The first kappa shape index (κ1) is 17.3. The Bertz CT molecular complexity index is 1190. The van der Waals surface area contributed by atoms with Gasteiger partial charge in [-0.2, -0.15) is 9.78 Å². The van der Waals surface area contributed by atoms with Crippen molar-refractivity contribution in [3.05, 3.63) is 46.9 Å². The smallest absolute Gasteiger partial charge is 0.244 e. The lowest BCUT2D eigenvalue weighted by Crippen LogP contribution is -2.13. The lowest BCUT2D eigenvalue weighted by molar-refractivity contribution is 0.0925. The number of hydrogen-bond acceptors (Lipinski definition) is 4. The minimum absolute atomic E-state index is 0.0909. The van der Waals surface area contributed by atoms with E-state index in [1.807, 2.05) is 65.1 Å². The van der Waals surface area contributed by atoms with Crippen molar-refractivity contribution in [3.63, 3.8) is 0 Å². The third-order valence-corrected chi connectivity index (χ3v) is 5.22. The predicted molar refractivity (Wildman–Crippen MR) is 112 cm³/mol. The maximum atomic E-state index is 12.6. The highest BCUT2D eigenvalue weighted by Crippen LogP contribution is 2.31. The first-order chi connectivity index (χ1) is 12.5. The molecule has 0 amide bonds. The summed E-state index contributed by atoms with van der Waals surface area (Å²) >= 11 is 5.48. The molecule has 0 fully saturated rings. The zero-order chi connectivity index (χ0) is 18.4. The van der Waals surface area contributed by atoms with E-state index in [-0.39, 0.29) is 11.8 Å². The number of alkyl halides is 1. The minimum Gasteiger partial charge on any atom is -0.273 e. The predicted octanol–water partition coefficient (Wildman–Crippen LogP) is 4.55. The molecule has 8 heteroatoms. The molecule has 4 rings (SSSR count). The minimum atomic E-state index is -0.196. The van der Waals surface area contributed by atoms with Gasteiger partial charge in [-0.1, -0.05) is 56.7 Å². The summed E-state index contributed by atoms with van der Waals surface area (Å²) in [5.41, 5.74) is 2.61. The third-order valence-electron chi connectivity index (χ3n) is 4.08. The van der Waals surface area contributed by atoms with Gasteiger partial charge < -0.3 is 0 Å². The molecule has 6 nitrogen and oxygen atoms in total. The topological polar surface area (TPSA) is 69.8 Å². The van der Waals surface area contributed by atoms with Gasteiger partial charge in [-0.25, -0.2) is 4.98 Å². The van der Waals surface area contributed by atoms with E-state index < -0.39 is 0 Å². The standard InChI is InChI=1S/C18H12BrIN4O2/c1-10(25)24-14-5-3-2-4-12(14)17(22-24)18-21-13-8-11(19)6-7-15(13)23(18)16(26)9-20/h2-8H,9H2,1H3. The molecule has 0 aliphatic carbocycles. The Morgan fingerprint density at radius 1 is 1.15 bits per heavy atom. The molecule has 0 N–H and O–H groups in total. The van der Waals surface area contributed by atoms with Gasteiger partial charge in [0.15, 0.2) is 5.82 Å². The first-order valence-corrected chi connectivity index (χ1v) is 10.1. The molecular formula is C18H12BrIN4O2. The van der Waals surface area contributed by atoms with Gasteiger partial charge in [-0.05, 0) is 24.3 Å². The summed E-state index contributed by atoms with van der Waals surface area (Å²) in [7, 11) is 0. The molecule has 0 aliphatic rings. The van der Waals surface area contributed by atoms with Crippen LogP contribution >= 0.6 is 38.5 Å². The van der Waals surface area contributed by atoms with Crippen LogP contribution in [0.2, 0.25) is 0 Å². The second-order valence-electron chi connectivity index (χ2n) is 5.73. The second kappa shape index (κ2) is 6.58. The maximum Gasteiger partial charge on any atom is 0.244 e. The quantitative estimate of drug-likeness (QED) is 0.286. The number of halogens is 2. The second-order valence-corrected chi connectivity index (χ2v) is 7.41. The van der Waals surface area contributed by atoms with E-state index in [1.54, 1.807) is 4.57 Å². The third kappa shape index (κ3) is 2.67. The van der Waals surface area contributed by atoms with Crippen LogP contribution in [0, 0.1) is 0 Å².